The van der Waals surface area contributed by atoms with Gasteiger partial charge in [0.05, 0.1) is 5.69 Å². The van der Waals surface area contributed by atoms with Gasteiger partial charge < -0.3 is 15.3 Å². The van der Waals surface area contributed by atoms with Gasteiger partial charge in [0.25, 0.3) is 0 Å². The summed E-state index contributed by atoms with van der Waals surface area (Å²) in [4.78, 5) is 23.7. The summed E-state index contributed by atoms with van der Waals surface area (Å²) >= 11 is 0. The molecule has 2 N–H and O–H groups in total. The Morgan fingerprint density at radius 3 is 2.14 bits per heavy atom. The molecule has 8 heteroatoms. The van der Waals surface area contributed by atoms with Crippen LogP contribution < -0.4 is 5.32 Å². The molecular formula is C13H15F3N2O3. The van der Waals surface area contributed by atoms with Gasteiger partial charge in [-0.05, 0) is 20.8 Å². The number of benzene rings is 1. The lowest BCUT2D eigenvalue weighted by Gasteiger charge is -2.34. The molecule has 0 bridgehead atoms. The summed E-state index contributed by atoms with van der Waals surface area (Å²) in [6.07, 6.45) is 0. The summed E-state index contributed by atoms with van der Waals surface area (Å²) in [5.41, 5.74) is -1.43. The second-order valence-electron chi connectivity index (χ2n) is 5.33. The largest absolute Gasteiger partial charge is 0.480 e. The van der Waals surface area contributed by atoms with Crippen molar-refractivity contribution in [3.63, 3.8) is 0 Å². The maximum Gasteiger partial charge on any atom is 0.323 e. The Kier molecular flexibility index (Phi) is 4.82. The van der Waals surface area contributed by atoms with Gasteiger partial charge in [-0.1, -0.05) is 0 Å². The molecule has 0 heterocycles. The van der Waals surface area contributed by atoms with Crippen LogP contribution >= 0.6 is 0 Å². The SMILES string of the molecule is CC(C)(C)N(CC(=O)O)C(=O)Nc1cc(F)c(F)cc1F. The molecule has 0 saturated heterocycles. The van der Waals surface area contributed by atoms with Crippen LogP contribution in [0.3, 0.4) is 0 Å². The van der Waals surface area contributed by atoms with Gasteiger partial charge in [0.2, 0.25) is 0 Å². The summed E-state index contributed by atoms with van der Waals surface area (Å²) < 4.78 is 39.3. The van der Waals surface area contributed by atoms with Crippen LogP contribution in [0.2, 0.25) is 0 Å². The van der Waals surface area contributed by atoms with Crippen LogP contribution in [0, 0.1) is 17.5 Å². The lowest BCUT2D eigenvalue weighted by atomic mass is 10.1. The standard InChI is InChI=1S/C13H15F3N2O3/c1-13(2,3)18(6-11(19)20)12(21)17-10-5-8(15)7(14)4-9(10)16/h4-5H,6H2,1-3H3,(H,17,21)(H,19,20). The molecule has 0 aliphatic carbocycles. The Hall–Kier alpha value is -2.25. The van der Waals surface area contributed by atoms with Crippen molar-refractivity contribution in [3.05, 3.63) is 29.6 Å². The normalized spacial score (nSPS) is 11.1. The minimum Gasteiger partial charge on any atom is -0.480 e. The van der Waals surface area contributed by atoms with E-state index < -0.39 is 47.2 Å². The van der Waals surface area contributed by atoms with Crippen LogP contribution in [-0.2, 0) is 4.79 Å². The second-order valence-corrected chi connectivity index (χ2v) is 5.33. The minimum atomic E-state index is -1.39. The molecule has 2 amide bonds. The zero-order valence-corrected chi connectivity index (χ0v) is 11.7. The first-order chi connectivity index (χ1) is 9.52. The van der Waals surface area contributed by atoms with Crippen LogP contribution in [0.25, 0.3) is 0 Å². The predicted molar refractivity (Wildman–Crippen MR) is 69.4 cm³/mol. The first-order valence-electron chi connectivity index (χ1n) is 5.97. The van der Waals surface area contributed by atoms with E-state index in [0.29, 0.717) is 12.1 Å². The van der Waals surface area contributed by atoms with Gasteiger partial charge in [-0.2, -0.15) is 0 Å². The number of amides is 2. The van der Waals surface area contributed by atoms with E-state index in [4.69, 9.17) is 5.11 Å². The Morgan fingerprint density at radius 2 is 1.67 bits per heavy atom. The quantitative estimate of drug-likeness (QED) is 0.844. The van der Waals surface area contributed by atoms with Gasteiger partial charge >= 0.3 is 12.0 Å². The molecular weight excluding hydrogens is 289 g/mol. The molecule has 21 heavy (non-hydrogen) atoms. The fraction of sp³-hybridized carbons (Fsp3) is 0.385. The highest BCUT2D eigenvalue weighted by Crippen LogP contribution is 2.21. The number of urea groups is 1. The van der Waals surface area contributed by atoms with Gasteiger partial charge in [-0.15, -0.1) is 0 Å². The van der Waals surface area contributed by atoms with Crippen molar-refractivity contribution >= 4 is 17.7 Å². The van der Waals surface area contributed by atoms with Crippen molar-refractivity contribution in [2.24, 2.45) is 0 Å². The number of carbonyl (C=O) groups is 2. The molecule has 0 atom stereocenters. The molecule has 1 rings (SSSR count). The van der Waals surface area contributed by atoms with Crippen LogP contribution in [0.4, 0.5) is 23.7 Å². The maximum atomic E-state index is 13.5. The zero-order chi connectivity index (χ0) is 16.4. The van der Waals surface area contributed by atoms with Crippen LogP contribution in [0.15, 0.2) is 12.1 Å². The number of anilines is 1. The zero-order valence-electron chi connectivity index (χ0n) is 11.7. The van der Waals surface area contributed by atoms with Crippen molar-refractivity contribution in [2.45, 2.75) is 26.3 Å². The number of hydrogen-bond acceptors (Lipinski definition) is 2. The van der Waals surface area contributed by atoms with Gasteiger partial charge in [-0.3, -0.25) is 4.79 Å². The maximum absolute atomic E-state index is 13.5. The number of hydrogen-bond donors (Lipinski definition) is 2. The van der Waals surface area contributed by atoms with E-state index in [9.17, 15) is 22.8 Å². The third-order valence-corrected chi connectivity index (χ3v) is 2.60. The highest BCUT2D eigenvalue weighted by Gasteiger charge is 2.29. The molecule has 0 radical (unpaired) electrons. The first-order valence-corrected chi connectivity index (χ1v) is 5.97. The molecule has 0 unspecified atom stereocenters. The summed E-state index contributed by atoms with van der Waals surface area (Å²) in [5, 5.41) is 10.8. The summed E-state index contributed by atoms with van der Waals surface area (Å²) in [5.74, 6) is -5.13. The Bertz CT molecular complexity index is 571. The van der Waals surface area contributed by atoms with Crippen LogP contribution in [0.1, 0.15) is 20.8 Å². The van der Waals surface area contributed by atoms with Crippen molar-refractivity contribution in [1.29, 1.82) is 0 Å². The Balaban J connectivity index is 3.02. The van der Waals surface area contributed by atoms with E-state index in [1.54, 1.807) is 20.8 Å². The number of rotatable bonds is 3. The molecule has 0 fully saturated rings. The average Bonchev–Trinajstić information content (AvgIpc) is 2.31. The number of carboxylic acids is 1. The number of halogens is 3. The fourth-order valence-corrected chi connectivity index (χ4v) is 1.55. The molecule has 0 aliphatic rings. The third kappa shape index (κ3) is 4.37. The Labute approximate surface area is 119 Å². The van der Waals surface area contributed by atoms with Crippen LogP contribution in [-0.4, -0.2) is 34.1 Å². The van der Waals surface area contributed by atoms with E-state index in [1.165, 1.54) is 0 Å². The van der Waals surface area contributed by atoms with Gasteiger partial charge in [0.15, 0.2) is 11.6 Å². The van der Waals surface area contributed by atoms with E-state index in [0.717, 1.165) is 4.90 Å². The van der Waals surface area contributed by atoms with E-state index in [2.05, 4.69) is 0 Å². The smallest absolute Gasteiger partial charge is 0.323 e. The lowest BCUT2D eigenvalue weighted by Crippen LogP contribution is -2.50. The minimum absolute atomic E-state index is 0.295. The number of nitrogens with one attached hydrogen (secondary N) is 1. The molecule has 0 spiro atoms. The van der Waals surface area contributed by atoms with Crippen molar-refractivity contribution in [2.75, 3.05) is 11.9 Å². The second kappa shape index (κ2) is 6.02. The molecule has 0 aliphatic heterocycles. The molecule has 0 aromatic heterocycles. The molecule has 1 aromatic carbocycles. The predicted octanol–water partition coefficient (Wildman–Crippen LogP) is 2.82. The average molecular weight is 304 g/mol. The summed E-state index contributed by atoms with van der Waals surface area (Å²) in [6, 6.07) is -0.150. The molecule has 116 valence electrons. The topological polar surface area (TPSA) is 69.6 Å². The van der Waals surface area contributed by atoms with Crippen molar-refractivity contribution in [1.82, 2.24) is 4.90 Å². The summed E-state index contributed by atoms with van der Waals surface area (Å²) in [6.45, 7) is 4.12. The number of carboxylic acid groups (broad SMARTS) is 1. The van der Waals surface area contributed by atoms with Crippen molar-refractivity contribution < 1.29 is 27.9 Å². The monoisotopic (exact) mass is 304 g/mol. The highest BCUT2D eigenvalue weighted by molar-refractivity contribution is 5.92. The number of aliphatic carboxylic acids is 1. The van der Waals surface area contributed by atoms with E-state index in [-0.39, 0.29) is 0 Å². The molecule has 5 nitrogen and oxygen atoms in total. The van der Waals surface area contributed by atoms with E-state index in [1.807, 2.05) is 5.32 Å². The fourth-order valence-electron chi connectivity index (χ4n) is 1.55. The number of carbonyl (C=O) groups excluding carboxylic acids is 1. The summed E-state index contributed by atoms with van der Waals surface area (Å²) in [7, 11) is 0. The highest BCUT2D eigenvalue weighted by atomic mass is 19.2. The third-order valence-electron chi connectivity index (χ3n) is 2.60. The van der Waals surface area contributed by atoms with Gasteiger partial charge in [-0.25, -0.2) is 18.0 Å². The van der Waals surface area contributed by atoms with Gasteiger partial charge in [0.1, 0.15) is 12.4 Å². The molecule has 1 aromatic rings. The van der Waals surface area contributed by atoms with Crippen molar-refractivity contribution in [3.8, 4) is 0 Å². The number of nitrogens with zero attached hydrogens (tertiary/aromatic N) is 1. The molecule has 0 saturated carbocycles. The lowest BCUT2D eigenvalue weighted by molar-refractivity contribution is -0.138. The van der Waals surface area contributed by atoms with Crippen LogP contribution in [0.5, 0.6) is 0 Å². The first kappa shape index (κ1) is 16.8. The van der Waals surface area contributed by atoms with Gasteiger partial charge in [0, 0.05) is 17.7 Å². The Morgan fingerprint density at radius 1 is 1.14 bits per heavy atom. The van der Waals surface area contributed by atoms with E-state index >= 15 is 0 Å².